The van der Waals surface area contributed by atoms with Gasteiger partial charge in [0.1, 0.15) is 0 Å². The first-order valence-corrected chi connectivity index (χ1v) is 7.95. The second kappa shape index (κ2) is 9.83. The minimum absolute atomic E-state index is 0.169. The molecule has 0 N–H and O–H groups in total. The zero-order valence-electron chi connectivity index (χ0n) is 12.4. The highest BCUT2D eigenvalue weighted by Gasteiger charge is 2.21. The predicted molar refractivity (Wildman–Crippen MR) is 77.5 cm³/mol. The number of nitriles is 1. The number of nitrogens with zero attached hydrogens (tertiary/aromatic N) is 2. The first-order chi connectivity index (χ1) is 9.27. The lowest BCUT2D eigenvalue weighted by Crippen LogP contribution is -2.38. The Hall–Kier alpha value is -1.04. The van der Waals surface area contributed by atoms with Crippen LogP contribution in [0.3, 0.4) is 0 Å². The van der Waals surface area contributed by atoms with Gasteiger partial charge in [0.05, 0.1) is 6.07 Å². The lowest BCUT2D eigenvalue weighted by atomic mass is 9.98. The van der Waals surface area contributed by atoms with Crippen LogP contribution in [-0.4, -0.2) is 23.9 Å². The highest BCUT2D eigenvalue weighted by molar-refractivity contribution is 5.76. The van der Waals surface area contributed by atoms with Crippen LogP contribution < -0.4 is 0 Å². The summed E-state index contributed by atoms with van der Waals surface area (Å²) in [5, 5.41) is 8.82. The summed E-state index contributed by atoms with van der Waals surface area (Å²) in [6.45, 7) is 3.80. The molecule has 1 amide bonds. The first-order valence-electron chi connectivity index (χ1n) is 7.95. The van der Waals surface area contributed by atoms with E-state index in [1.54, 1.807) is 0 Å². The van der Waals surface area contributed by atoms with Crippen molar-refractivity contribution in [2.24, 2.45) is 5.92 Å². The number of likely N-dealkylation sites (tertiary alicyclic amines) is 1. The Morgan fingerprint density at radius 2 is 1.68 bits per heavy atom. The van der Waals surface area contributed by atoms with Crippen molar-refractivity contribution < 1.29 is 4.79 Å². The van der Waals surface area contributed by atoms with Gasteiger partial charge >= 0.3 is 0 Å². The minimum atomic E-state index is 0.169. The predicted octanol–water partition coefficient (Wildman–Crippen LogP) is 3.89. The largest absolute Gasteiger partial charge is 0.343 e. The summed E-state index contributed by atoms with van der Waals surface area (Å²) in [4.78, 5) is 13.9. The van der Waals surface area contributed by atoms with Gasteiger partial charge in [-0.25, -0.2) is 0 Å². The van der Waals surface area contributed by atoms with Crippen molar-refractivity contribution >= 4 is 5.91 Å². The highest BCUT2D eigenvalue weighted by Crippen LogP contribution is 2.17. The van der Waals surface area contributed by atoms with Crippen molar-refractivity contribution in [1.82, 2.24) is 4.90 Å². The van der Waals surface area contributed by atoms with Crippen LogP contribution in [0.1, 0.15) is 71.1 Å². The Labute approximate surface area is 118 Å². The van der Waals surface area contributed by atoms with E-state index in [4.69, 9.17) is 5.26 Å². The molecular formula is C16H28N2O. The zero-order valence-corrected chi connectivity index (χ0v) is 12.4. The van der Waals surface area contributed by atoms with Crippen LogP contribution in [0.4, 0.5) is 0 Å². The molecule has 0 aromatic heterocycles. The average molecular weight is 264 g/mol. The second-order valence-electron chi connectivity index (χ2n) is 5.66. The molecule has 108 valence electrons. The molecule has 1 aliphatic heterocycles. The Bertz CT molecular complexity index is 288. The molecule has 0 aromatic rings. The summed E-state index contributed by atoms with van der Waals surface area (Å²) in [5.41, 5.74) is 0. The van der Waals surface area contributed by atoms with E-state index in [9.17, 15) is 4.79 Å². The van der Waals surface area contributed by atoms with E-state index in [2.05, 4.69) is 13.0 Å². The van der Waals surface area contributed by atoms with Gasteiger partial charge in [-0.2, -0.15) is 5.26 Å². The number of hydrogen-bond donors (Lipinski definition) is 0. The molecule has 0 saturated carbocycles. The molecule has 1 aliphatic rings. The molecule has 1 rings (SSSR count). The first kappa shape index (κ1) is 16.0. The van der Waals surface area contributed by atoms with Gasteiger partial charge < -0.3 is 4.90 Å². The van der Waals surface area contributed by atoms with Gasteiger partial charge in [0.25, 0.3) is 0 Å². The van der Waals surface area contributed by atoms with Crippen LogP contribution in [0, 0.1) is 17.2 Å². The van der Waals surface area contributed by atoms with Crippen LogP contribution in [-0.2, 0) is 4.79 Å². The summed E-state index contributed by atoms with van der Waals surface area (Å²) in [6.07, 6.45) is 11.2. The normalized spacial score (nSPS) is 16.3. The molecule has 1 fully saturated rings. The number of hydrogen-bond acceptors (Lipinski definition) is 2. The van der Waals surface area contributed by atoms with E-state index in [0.717, 1.165) is 32.4 Å². The van der Waals surface area contributed by atoms with Gasteiger partial charge in [0, 0.05) is 25.4 Å². The molecule has 3 nitrogen and oxygen atoms in total. The van der Waals surface area contributed by atoms with Gasteiger partial charge in [-0.15, -0.1) is 0 Å². The van der Waals surface area contributed by atoms with Crippen LogP contribution in [0.15, 0.2) is 0 Å². The van der Waals surface area contributed by atoms with E-state index in [0.29, 0.717) is 12.3 Å². The Balaban J connectivity index is 2.01. The van der Waals surface area contributed by atoms with Gasteiger partial charge in [-0.05, 0) is 19.3 Å². The average Bonchev–Trinajstić information content (AvgIpc) is 2.46. The van der Waals surface area contributed by atoms with Crippen molar-refractivity contribution in [3.63, 3.8) is 0 Å². The lowest BCUT2D eigenvalue weighted by molar-refractivity contribution is -0.132. The molecule has 0 unspecified atom stereocenters. The summed E-state index contributed by atoms with van der Waals surface area (Å²) < 4.78 is 0. The Kier molecular flexibility index (Phi) is 8.29. The molecule has 0 spiro atoms. The molecule has 1 saturated heterocycles. The number of rotatable bonds is 8. The summed E-state index contributed by atoms with van der Waals surface area (Å²) in [6, 6.07) is 2.30. The fourth-order valence-electron chi connectivity index (χ4n) is 2.65. The molecule has 0 aromatic carbocycles. The van der Waals surface area contributed by atoms with Gasteiger partial charge in [-0.1, -0.05) is 45.4 Å². The van der Waals surface area contributed by atoms with Gasteiger partial charge in [0.15, 0.2) is 0 Å². The van der Waals surface area contributed by atoms with Crippen molar-refractivity contribution in [2.45, 2.75) is 71.1 Å². The summed E-state index contributed by atoms with van der Waals surface area (Å²) in [5.74, 6) is 0.465. The van der Waals surface area contributed by atoms with Crippen molar-refractivity contribution in [2.75, 3.05) is 13.1 Å². The van der Waals surface area contributed by atoms with Crippen molar-refractivity contribution in [3.8, 4) is 6.07 Å². The van der Waals surface area contributed by atoms with Crippen molar-refractivity contribution in [3.05, 3.63) is 0 Å². The third kappa shape index (κ3) is 6.61. The number of amides is 1. The standard InChI is InChI=1S/C16H28N2O/c1-2-3-4-5-6-7-8-9-16(19)18-12-10-15(14-17)11-13-18/h15H,2-13H2,1H3. The monoisotopic (exact) mass is 264 g/mol. The summed E-state index contributed by atoms with van der Waals surface area (Å²) >= 11 is 0. The zero-order chi connectivity index (χ0) is 13.9. The molecule has 19 heavy (non-hydrogen) atoms. The minimum Gasteiger partial charge on any atom is -0.343 e. The maximum absolute atomic E-state index is 12.0. The Morgan fingerprint density at radius 1 is 1.11 bits per heavy atom. The SMILES string of the molecule is CCCCCCCCCC(=O)N1CCC(C#N)CC1. The number of piperidine rings is 1. The van der Waals surface area contributed by atoms with E-state index < -0.39 is 0 Å². The van der Waals surface area contributed by atoms with E-state index in [1.165, 1.54) is 38.5 Å². The van der Waals surface area contributed by atoms with Gasteiger partial charge in [0.2, 0.25) is 5.91 Å². The summed E-state index contributed by atoms with van der Waals surface area (Å²) in [7, 11) is 0. The third-order valence-electron chi connectivity index (χ3n) is 4.02. The van der Waals surface area contributed by atoms with E-state index >= 15 is 0 Å². The molecule has 1 heterocycles. The van der Waals surface area contributed by atoms with Crippen LogP contribution in [0.25, 0.3) is 0 Å². The van der Waals surface area contributed by atoms with E-state index in [1.807, 2.05) is 4.90 Å². The fraction of sp³-hybridized carbons (Fsp3) is 0.875. The number of carbonyl (C=O) groups excluding carboxylic acids is 1. The van der Waals surface area contributed by atoms with Crippen LogP contribution in [0.2, 0.25) is 0 Å². The van der Waals surface area contributed by atoms with Crippen molar-refractivity contribution in [1.29, 1.82) is 5.26 Å². The maximum atomic E-state index is 12.0. The smallest absolute Gasteiger partial charge is 0.222 e. The Morgan fingerprint density at radius 3 is 2.26 bits per heavy atom. The number of carbonyl (C=O) groups is 1. The van der Waals surface area contributed by atoms with Gasteiger partial charge in [-0.3, -0.25) is 4.79 Å². The topological polar surface area (TPSA) is 44.1 Å². The molecule has 0 bridgehead atoms. The maximum Gasteiger partial charge on any atom is 0.222 e. The molecule has 0 radical (unpaired) electrons. The lowest BCUT2D eigenvalue weighted by Gasteiger charge is -2.29. The molecule has 0 atom stereocenters. The molecule has 0 aliphatic carbocycles. The highest BCUT2D eigenvalue weighted by atomic mass is 16.2. The van der Waals surface area contributed by atoms with Crippen LogP contribution in [0.5, 0.6) is 0 Å². The number of unbranched alkanes of at least 4 members (excludes halogenated alkanes) is 6. The van der Waals surface area contributed by atoms with E-state index in [-0.39, 0.29) is 5.92 Å². The second-order valence-corrected chi connectivity index (χ2v) is 5.66. The molecular weight excluding hydrogens is 236 g/mol. The fourth-order valence-corrected chi connectivity index (χ4v) is 2.65. The quantitative estimate of drug-likeness (QED) is 0.624. The molecule has 3 heteroatoms. The third-order valence-corrected chi connectivity index (χ3v) is 4.02. The van der Waals surface area contributed by atoms with Crippen LogP contribution >= 0.6 is 0 Å².